The lowest BCUT2D eigenvalue weighted by Gasteiger charge is -2.24. The molecule has 90 valence electrons. The van der Waals surface area contributed by atoms with Crippen LogP contribution in [0, 0.1) is 5.92 Å². The van der Waals surface area contributed by atoms with E-state index >= 15 is 0 Å². The fourth-order valence-corrected chi connectivity index (χ4v) is 1.60. The minimum absolute atomic E-state index is 0.373. The Kier molecular flexibility index (Phi) is 3.74. The second kappa shape index (κ2) is 5.27. The molecule has 0 aromatic carbocycles. The van der Waals surface area contributed by atoms with Crippen molar-refractivity contribution in [2.24, 2.45) is 11.7 Å². The average molecular weight is 226 g/mol. The van der Waals surface area contributed by atoms with Crippen LogP contribution < -0.4 is 10.6 Å². The van der Waals surface area contributed by atoms with Gasteiger partial charge in [-0.05, 0) is 17.6 Å². The third-order valence-electron chi connectivity index (χ3n) is 2.68. The SMILES string of the molecule is CC(CN)Cc1nc(N2CCOCC2)no1. The number of rotatable bonds is 4. The van der Waals surface area contributed by atoms with Crippen molar-refractivity contribution in [2.75, 3.05) is 37.7 Å². The van der Waals surface area contributed by atoms with E-state index < -0.39 is 0 Å². The summed E-state index contributed by atoms with van der Waals surface area (Å²) in [6.45, 7) is 5.80. The number of nitrogens with two attached hydrogens (primary N) is 1. The molecular weight excluding hydrogens is 208 g/mol. The Morgan fingerprint density at radius 3 is 2.88 bits per heavy atom. The zero-order valence-corrected chi connectivity index (χ0v) is 9.56. The van der Waals surface area contributed by atoms with Crippen LogP contribution in [0.4, 0.5) is 5.95 Å². The van der Waals surface area contributed by atoms with Gasteiger partial charge in [-0.15, -0.1) is 0 Å². The monoisotopic (exact) mass is 226 g/mol. The number of hydrogen-bond acceptors (Lipinski definition) is 6. The Labute approximate surface area is 94.7 Å². The highest BCUT2D eigenvalue weighted by molar-refractivity contribution is 5.27. The van der Waals surface area contributed by atoms with E-state index in [1.54, 1.807) is 0 Å². The van der Waals surface area contributed by atoms with E-state index in [-0.39, 0.29) is 0 Å². The van der Waals surface area contributed by atoms with Crippen LogP contribution in [-0.2, 0) is 11.2 Å². The summed E-state index contributed by atoms with van der Waals surface area (Å²) in [5.41, 5.74) is 5.55. The van der Waals surface area contributed by atoms with Gasteiger partial charge in [0.25, 0.3) is 5.95 Å². The molecule has 1 unspecified atom stereocenters. The highest BCUT2D eigenvalue weighted by atomic mass is 16.5. The maximum absolute atomic E-state index is 5.55. The summed E-state index contributed by atoms with van der Waals surface area (Å²) in [5.74, 6) is 1.71. The third kappa shape index (κ3) is 2.70. The molecular formula is C10H18N4O2. The van der Waals surface area contributed by atoms with Gasteiger partial charge in [0.1, 0.15) is 0 Å². The lowest BCUT2D eigenvalue weighted by atomic mass is 10.1. The zero-order chi connectivity index (χ0) is 11.4. The molecule has 1 aliphatic rings. The van der Waals surface area contributed by atoms with E-state index in [2.05, 4.69) is 22.0 Å². The highest BCUT2D eigenvalue weighted by Gasteiger charge is 2.17. The first-order valence-electron chi connectivity index (χ1n) is 5.65. The molecule has 0 radical (unpaired) electrons. The molecule has 2 N–H and O–H groups in total. The summed E-state index contributed by atoms with van der Waals surface area (Å²) in [5, 5.41) is 3.97. The summed E-state index contributed by atoms with van der Waals surface area (Å²) in [6, 6.07) is 0. The molecule has 0 bridgehead atoms. The summed E-state index contributed by atoms with van der Waals surface area (Å²) >= 11 is 0. The van der Waals surface area contributed by atoms with Crippen molar-refractivity contribution in [3.05, 3.63) is 5.89 Å². The third-order valence-corrected chi connectivity index (χ3v) is 2.68. The number of anilines is 1. The zero-order valence-electron chi connectivity index (χ0n) is 9.56. The molecule has 0 saturated carbocycles. The van der Waals surface area contributed by atoms with Gasteiger partial charge in [0, 0.05) is 19.5 Å². The molecule has 1 fully saturated rings. The van der Waals surface area contributed by atoms with Crippen molar-refractivity contribution in [1.29, 1.82) is 0 Å². The van der Waals surface area contributed by atoms with Gasteiger partial charge in [0.2, 0.25) is 5.89 Å². The molecule has 0 amide bonds. The summed E-state index contributed by atoms with van der Waals surface area (Å²) in [4.78, 5) is 6.43. The van der Waals surface area contributed by atoms with Crippen molar-refractivity contribution in [1.82, 2.24) is 10.1 Å². The van der Waals surface area contributed by atoms with Crippen molar-refractivity contribution in [2.45, 2.75) is 13.3 Å². The molecule has 1 aromatic heterocycles. The fourth-order valence-electron chi connectivity index (χ4n) is 1.60. The van der Waals surface area contributed by atoms with E-state index in [1.165, 1.54) is 0 Å². The molecule has 0 spiro atoms. The quantitative estimate of drug-likeness (QED) is 0.781. The predicted octanol–water partition coefficient (Wildman–Crippen LogP) is 0.0435. The average Bonchev–Trinajstić information content (AvgIpc) is 2.78. The highest BCUT2D eigenvalue weighted by Crippen LogP contribution is 2.13. The first-order valence-corrected chi connectivity index (χ1v) is 5.65. The van der Waals surface area contributed by atoms with E-state index in [0.29, 0.717) is 24.3 Å². The van der Waals surface area contributed by atoms with Gasteiger partial charge in [-0.25, -0.2) is 0 Å². The largest absolute Gasteiger partial charge is 0.378 e. The molecule has 16 heavy (non-hydrogen) atoms. The molecule has 0 aliphatic carbocycles. The van der Waals surface area contributed by atoms with Crippen LogP contribution in [0.5, 0.6) is 0 Å². The van der Waals surface area contributed by atoms with Gasteiger partial charge in [-0.1, -0.05) is 6.92 Å². The molecule has 1 aliphatic heterocycles. The van der Waals surface area contributed by atoms with Crippen molar-refractivity contribution in [3.63, 3.8) is 0 Å². The van der Waals surface area contributed by atoms with E-state index in [1.807, 2.05) is 0 Å². The number of nitrogens with zero attached hydrogens (tertiary/aromatic N) is 3. The lowest BCUT2D eigenvalue weighted by molar-refractivity contribution is 0.121. The van der Waals surface area contributed by atoms with Crippen LogP contribution in [0.1, 0.15) is 12.8 Å². The Balaban J connectivity index is 1.95. The lowest BCUT2D eigenvalue weighted by Crippen LogP contribution is -2.36. The number of morpholine rings is 1. The van der Waals surface area contributed by atoms with Crippen molar-refractivity contribution < 1.29 is 9.26 Å². The fraction of sp³-hybridized carbons (Fsp3) is 0.800. The van der Waals surface area contributed by atoms with Gasteiger partial charge >= 0.3 is 0 Å². The van der Waals surface area contributed by atoms with E-state index in [0.717, 1.165) is 32.7 Å². The van der Waals surface area contributed by atoms with Crippen LogP contribution >= 0.6 is 0 Å². The number of hydrogen-bond donors (Lipinski definition) is 1. The Morgan fingerprint density at radius 2 is 2.19 bits per heavy atom. The summed E-state index contributed by atoms with van der Waals surface area (Å²) < 4.78 is 10.5. The molecule has 2 rings (SSSR count). The van der Waals surface area contributed by atoms with E-state index in [9.17, 15) is 0 Å². The second-order valence-corrected chi connectivity index (χ2v) is 4.13. The normalized spacial score (nSPS) is 18.8. The smallest absolute Gasteiger partial charge is 0.266 e. The molecule has 1 atom stereocenters. The van der Waals surface area contributed by atoms with Gasteiger partial charge in [-0.3, -0.25) is 0 Å². The Hall–Kier alpha value is -1.14. The van der Waals surface area contributed by atoms with Crippen LogP contribution in [0.25, 0.3) is 0 Å². The Morgan fingerprint density at radius 1 is 1.44 bits per heavy atom. The van der Waals surface area contributed by atoms with E-state index in [4.69, 9.17) is 15.0 Å². The molecule has 6 heteroatoms. The van der Waals surface area contributed by atoms with Crippen LogP contribution in [0.15, 0.2) is 4.52 Å². The predicted molar refractivity (Wildman–Crippen MR) is 59.3 cm³/mol. The maximum Gasteiger partial charge on any atom is 0.266 e. The van der Waals surface area contributed by atoms with Gasteiger partial charge in [0.15, 0.2) is 0 Å². The van der Waals surface area contributed by atoms with Crippen LogP contribution in [0.3, 0.4) is 0 Å². The first-order chi connectivity index (χ1) is 7.79. The van der Waals surface area contributed by atoms with Gasteiger partial charge in [0.05, 0.1) is 13.2 Å². The van der Waals surface area contributed by atoms with Crippen molar-refractivity contribution in [3.8, 4) is 0 Å². The van der Waals surface area contributed by atoms with Crippen molar-refractivity contribution >= 4 is 5.95 Å². The maximum atomic E-state index is 5.55. The standard InChI is InChI=1S/C10H18N4O2/c1-8(7-11)6-9-12-10(13-16-9)14-2-4-15-5-3-14/h8H,2-7,11H2,1H3. The summed E-state index contributed by atoms with van der Waals surface area (Å²) in [7, 11) is 0. The number of ether oxygens (including phenoxy) is 1. The van der Waals surface area contributed by atoms with Gasteiger partial charge in [-0.2, -0.15) is 4.98 Å². The first kappa shape index (κ1) is 11.3. The second-order valence-electron chi connectivity index (χ2n) is 4.13. The molecule has 2 heterocycles. The number of aromatic nitrogens is 2. The molecule has 1 aromatic rings. The van der Waals surface area contributed by atoms with Crippen LogP contribution in [0.2, 0.25) is 0 Å². The minimum Gasteiger partial charge on any atom is -0.378 e. The Bertz CT molecular complexity index is 322. The summed E-state index contributed by atoms with van der Waals surface area (Å²) in [6.07, 6.45) is 0.744. The van der Waals surface area contributed by atoms with Gasteiger partial charge < -0.3 is 19.9 Å². The molecule has 1 saturated heterocycles. The minimum atomic E-state index is 0.373. The van der Waals surface area contributed by atoms with Crippen LogP contribution in [-0.4, -0.2) is 43.0 Å². The molecule has 6 nitrogen and oxygen atoms in total. The topological polar surface area (TPSA) is 77.4 Å².